The maximum absolute atomic E-state index is 6.13. The Morgan fingerprint density at radius 2 is 2.25 bits per heavy atom. The fraction of sp³-hybridized carbons (Fsp3) is 0.571. The molecule has 2 rings (SSSR count). The minimum absolute atomic E-state index is 0.383. The first-order chi connectivity index (χ1) is 7.79. The molecule has 2 unspecified atom stereocenters. The lowest BCUT2D eigenvalue weighted by Gasteiger charge is -2.09. The second kappa shape index (κ2) is 5.97. The Balaban J connectivity index is 1.75. The molecular weight excluding hydrogens is 236 g/mol. The minimum Gasteiger partial charge on any atom is -0.123 e. The van der Waals surface area contributed by atoms with Crippen molar-refractivity contribution in [2.24, 2.45) is 0 Å². The van der Waals surface area contributed by atoms with E-state index in [1.807, 2.05) is 0 Å². The van der Waals surface area contributed by atoms with Crippen molar-refractivity contribution in [2.75, 3.05) is 0 Å². The Labute approximate surface area is 108 Å². The third kappa shape index (κ3) is 3.18. The lowest BCUT2D eigenvalue weighted by atomic mass is 10.0. The van der Waals surface area contributed by atoms with Crippen LogP contribution in [0.15, 0.2) is 29.2 Å². The van der Waals surface area contributed by atoms with E-state index in [1.54, 1.807) is 0 Å². The monoisotopic (exact) mass is 254 g/mol. The molecule has 0 aromatic heterocycles. The molecule has 1 aliphatic heterocycles. The predicted octanol–water partition coefficient (Wildman–Crippen LogP) is 4.89. The second-order valence-electron chi connectivity index (χ2n) is 4.49. The molecule has 1 heterocycles. The van der Waals surface area contributed by atoms with E-state index in [2.05, 4.69) is 43.0 Å². The quantitative estimate of drug-likeness (QED) is 0.674. The van der Waals surface area contributed by atoms with Gasteiger partial charge in [-0.2, -0.15) is 0 Å². The maximum atomic E-state index is 6.13. The summed E-state index contributed by atoms with van der Waals surface area (Å²) in [7, 11) is 0. The van der Waals surface area contributed by atoms with E-state index in [-0.39, 0.29) is 0 Å². The van der Waals surface area contributed by atoms with Crippen LogP contribution < -0.4 is 0 Å². The Bertz CT molecular complexity index is 312. The number of thioether (sulfide) groups is 1. The second-order valence-corrected chi connectivity index (χ2v) is 6.45. The van der Waals surface area contributed by atoms with E-state index in [0.717, 1.165) is 11.7 Å². The van der Waals surface area contributed by atoms with Gasteiger partial charge in [-0.05, 0) is 37.3 Å². The molecule has 1 aliphatic rings. The highest BCUT2D eigenvalue weighted by Crippen LogP contribution is 2.39. The normalized spacial score (nSPS) is 20.8. The molecule has 0 fully saturated rings. The van der Waals surface area contributed by atoms with Gasteiger partial charge in [0.25, 0.3) is 0 Å². The van der Waals surface area contributed by atoms with Gasteiger partial charge in [0.15, 0.2) is 0 Å². The summed E-state index contributed by atoms with van der Waals surface area (Å²) in [6.07, 6.45) is 6.10. The van der Waals surface area contributed by atoms with Crippen LogP contribution >= 0.6 is 23.4 Å². The largest absolute Gasteiger partial charge is 0.123 e. The van der Waals surface area contributed by atoms with Gasteiger partial charge in [-0.3, -0.25) is 0 Å². The summed E-state index contributed by atoms with van der Waals surface area (Å²) < 4.78 is 0. The van der Waals surface area contributed by atoms with Crippen LogP contribution in [0.3, 0.4) is 0 Å². The molecule has 0 amide bonds. The van der Waals surface area contributed by atoms with E-state index in [4.69, 9.17) is 11.6 Å². The van der Waals surface area contributed by atoms with Gasteiger partial charge in [0.2, 0.25) is 0 Å². The summed E-state index contributed by atoms with van der Waals surface area (Å²) in [4.78, 5) is 1.49. The van der Waals surface area contributed by atoms with Gasteiger partial charge in [0, 0.05) is 15.5 Å². The van der Waals surface area contributed by atoms with Crippen LogP contribution in [0, 0.1) is 0 Å². The summed E-state index contributed by atoms with van der Waals surface area (Å²) in [5.41, 5.74) is 1.54. The first-order valence-corrected chi connectivity index (χ1v) is 7.50. The van der Waals surface area contributed by atoms with Gasteiger partial charge in [-0.25, -0.2) is 0 Å². The Morgan fingerprint density at radius 1 is 1.44 bits per heavy atom. The van der Waals surface area contributed by atoms with Crippen LogP contribution in [0.25, 0.3) is 0 Å². The molecule has 0 bridgehead atoms. The molecule has 0 nitrogen and oxygen atoms in total. The van der Waals surface area contributed by atoms with Crippen LogP contribution in [0.1, 0.15) is 38.2 Å². The lowest BCUT2D eigenvalue weighted by Crippen LogP contribution is -2.03. The van der Waals surface area contributed by atoms with Crippen LogP contribution in [-0.4, -0.2) is 10.6 Å². The molecule has 2 atom stereocenters. The summed E-state index contributed by atoms with van der Waals surface area (Å²) >= 11 is 8.19. The number of alkyl halides is 1. The smallest absolute Gasteiger partial charge is 0.0333 e. The van der Waals surface area contributed by atoms with Crippen molar-refractivity contribution in [3.8, 4) is 0 Å². The van der Waals surface area contributed by atoms with Crippen LogP contribution in [-0.2, 0) is 6.42 Å². The topological polar surface area (TPSA) is 0 Å². The standard InChI is InChI=1S/C14H19ClS/c1-2-12(15)7-5-8-13-10-11-6-3-4-9-14(11)16-13/h3-4,6,9,12-13H,2,5,7-8,10H2,1H3. The van der Waals surface area contributed by atoms with Crippen LogP contribution in [0.2, 0.25) is 0 Å². The summed E-state index contributed by atoms with van der Waals surface area (Å²) in [5, 5.41) is 1.17. The third-order valence-corrected chi connectivity index (χ3v) is 5.11. The first kappa shape index (κ1) is 12.3. The zero-order valence-electron chi connectivity index (χ0n) is 9.79. The van der Waals surface area contributed by atoms with Gasteiger partial charge in [-0.1, -0.05) is 31.5 Å². The van der Waals surface area contributed by atoms with Crippen LogP contribution in [0.5, 0.6) is 0 Å². The number of hydrogen-bond acceptors (Lipinski definition) is 1. The zero-order chi connectivity index (χ0) is 11.4. The molecule has 0 radical (unpaired) electrons. The number of rotatable bonds is 5. The van der Waals surface area contributed by atoms with E-state index in [0.29, 0.717) is 5.38 Å². The molecule has 0 aliphatic carbocycles. The molecule has 1 aromatic rings. The SMILES string of the molecule is CCC(Cl)CCCC1Cc2ccccc2S1. The molecule has 0 saturated carbocycles. The minimum atomic E-state index is 0.383. The van der Waals surface area contributed by atoms with Crippen molar-refractivity contribution in [1.82, 2.24) is 0 Å². The fourth-order valence-corrected chi connectivity index (χ4v) is 3.71. The van der Waals surface area contributed by atoms with E-state index in [9.17, 15) is 0 Å². The Kier molecular flexibility index (Phi) is 4.60. The Hall–Kier alpha value is -0.140. The highest BCUT2D eigenvalue weighted by atomic mass is 35.5. The van der Waals surface area contributed by atoms with Crippen molar-refractivity contribution >= 4 is 23.4 Å². The molecule has 0 saturated heterocycles. The van der Waals surface area contributed by atoms with Crippen molar-refractivity contribution < 1.29 is 0 Å². The molecule has 2 heteroatoms. The first-order valence-electron chi connectivity index (χ1n) is 6.18. The molecule has 16 heavy (non-hydrogen) atoms. The summed E-state index contributed by atoms with van der Waals surface area (Å²) in [5.74, 6) is 0. The number of fused-ring (bicyclic) bond motifs is 1. The lowest BCUT2D eigenvalue weighted by molar-refractivity contribution is 0.624. The highest BCUT2D eigenvalue weighted by Gasteiger charge is 2.21. The number of halogens is 1. The van der Waals surface area contributed by atoms with Gasteiger partial charge in [-0.15, -0.1) is 23.4 Å². The molecule has 0 N–H and O–H groups in total. The fourth-order valence-electron chi connectivity index (χ4n) is 2.19. The van der Waals surface area contributed by atoms with E-state index in [1.165, 1.54) is 36.1 Å². The molecule has 1 aromatic carbocycles. The molecule has 0 spiro atoms. The highest BCUT2D eigenvalue weighted by molar-refractivity contribution is 8.00. The Morgan fingerprint density at radius 3 is 3.00 bits per heavy atom. The number of benzene rings is 1. The summed E-state index contributed by atoms with van der Waals surface area (Å²) in [6.45, 7) is 2.16. The zero-order valence-corrected chi connectivity index (χ0v) is 11.4. The van der Waals surface area contributed by atoms with Crippen LogP contribution in [0.4, 0.5) is 0 Å². The van der Waals surface area contributed by atoms with Crippen molar-refractivity contribution in [2.45, 2.75) is 54.6 Å². The van der Waals surface area contributed by atoms with Gasteiger partial charge >= 0.3 is 0 Å². The van der Waals surface area contributed by atoms with Crippen molar-refractivity contribution in [1.29, 1.82) is 0 Å². The van der Waals surface area contributed by atoms with Gasteiger partial charge < -0.3 is 0 Å². The van der Waals surface area contributed by atoms with E-state index < -0.39 is 0 Å². The third-order valence-electron chi connectivity index (χ3n) is 3.20. The summed E-state index contributed by atoms with van der Waals surface area (Å²) in [6, 6.07) is 8.79. The average Bonchev–Trinajstić information content (AvgIpc) is 2.71. The molecular formula is C14H19ClS. The number of hydrogen-bond donors (Lipinski definition) is 0. The van der Waals surface area contributed by atoms with Gasteiger partial charge in [0.05, 0.1) is 0 Å². The maximum Gasteiger partial charge on any atom is 0.0333 e. The predicted molar refractivity (Wildman–Crippen MR) is 73.6 cm³/mol. The average molecular weight is 255 g/mol. The van der Waals surface area contributed by atoms with Crippen molar-refractivity contribution in [3.05, 3.63) is 29.8 Å². The van der Waals surface area contributed by atoms with E-state index >= 15 is 0 Å². The van der Waals surface area contributed by atoms with Gasteiger partial charge in [0.1, 0.15) is 0 Å². The molecule has 88 valence electrons. The van der Waals surface area contributed by atoms with Crippen molar-refractivity contribution in [3.63, 3.8) is 0 Å².